The number of nitrogens with zero attached hydrogens (tertiary/aromatic N) is 1. The maximum absolute atomic E-state index is 5.36. The number of nitrogens with one attached hydrogen (secondary N) is 1. The molecule has 2 rings (SSSR count). The minimum atomic E-state index is 0.650. The van der Waals surface area contributed by atoms with Crippen molar-refractivity contribution in [3.05, 3.63) is 35.7 Å². The Balaban J connectivity index is 2.46. The fourth-order valence-corrected chi connectivity index (χ4v) is 1.23. The van der Waals surface area contributed by atoms with E-state index in [-0.39, 0.29) is 0 Å². The Bertz CT molecular complexity index is 420. The lowest BCUT2D eigenvalue weighted by Gasteiger charge is -1.91. The summed E-state index contributed by atoms with van der Waals surface area (Å²) in [6.45, 7) is 3.86. The second-order valence-corrected chi connectivity index (χ2v) is 3.04. The van der Waals surface area contributed by atoms with Gasteiger partial charge in [-0.15, -0.1) is 0 Å². The van der Waals surface area contributed by atoms with Gasteiger partial charge in [0.05, 0.1) is 5.56 Å². The van der Waals surface area contributed by atoms with E-state index in [4.69, 9.17) is 4.42 Å². The Hall–Kier alpha value is -1.64. The Kier molecular flexibility index (Phi) is 1.85. The van der Waals surface area contributed by atoms with Gasteiger partial charge in [0.15, 0.2) is 0 Å². The minimum absolute atomic E-state index is 0.650. The SMILES string of the molecule is Cc1cccc(-c2[nH+]nc(C)o2)c1. The highest BCUT2D eigenvalue weighted by Crippen LogP contribution is 2.15. The third kappa shape index (κ3) is 1.59. The van der Waals surface area contributed by atoms with Gasteiger partial charge in [0.2, 0.25) is 0 Å². The molecule has 13 heavy (non-hydrogen) atoms. The number of H-pyrrole nitrogens is 1. The average Bonchev–Trinajstić information content (AvgIpc) is 2.52. The van der Waals surface area contributed by atoms with Crippen LogP contribution in [-0.4, -0.2) is 5.10 Å². The van der Waals surface area contributed by atoms with Crippen LogP contribution in [0.2, 0.25) is 0 Å². The molecule has 0 saturated heterocycles. The standard InChI is InChI=1S/C10H10N2O/c1-7-4-3-5-9(6-7)10-12-11-8(2)13-10/h3-6H,1-2H3/p+1. The summed E-state index contributed by atoms with van der Waals surface area (Å²) in [5.41, 5.74) is 2.24. The summed E-state index contributed by atoms with van der Waals surface area (Å²) < 4.78 is 5.36. The van der Waals surface area contributed by atoms with Gasteiger partial charge in [-0.2, -0.15) is 0 Å². The van der Waals surface area contributed by atoms with Crippen molar-refractivity contribution in [3.63, 3.8) is 0 Å². The van der Waals surface area contributed by atoms with Crippen LogP contribution in [0.15, 0.2) is 28.7 Å². The molecule has 0 aliphatic heterocycles. The van der Waals surface area contributed by atoms with E-state index in [9.17, 15) is 0 Å². The summed E-state index contributed by atoms with van der Waals surface area (Å²) in [4.78, 5) is 0. The third-order valence-corrected chi connectivity index (χ3v) is 1.84. The molecule has 0 spiro atoms. The van der Waals surface area contributed by atoms with Gasteiger partial charge in [-0.05, 0) is 19.1 Å². The molecule has 0 aliphatic rings. The molecule has 1 N–H and O–H groups in total. The predicted molar refractivity (Wildman–Crippen MR) is 48.0 cm³/mol. The lowest BCUT2D eigenvalue weighted by atomic mass is 10.1. The van der Waals surface area contributed by atoms with Crippen molar-refractivity contribution >= 4 is 0 Å². The van der Waals surface area contributed by atoms with E-state index in [0.29, 0.717) is 11.8 Å². The minimum Gasteiger partial charge on any atom is -0.382 e. The van der Waals surface area contributed by atoms with Gasteiger partial charge in [-0.25, -0.2) is 0 Å². The average molecular weight is 175 g/mol. The van der Waals surface area contributed by atoms with Crippen molar-refractivity contribution in [2.45, 2.75) is 13.8 Å². The van der Waals surface area contributed by atoms with E-state index in [2.05, 4.69) is 16.3 Å². The van der Waals surface area contributed by atoms with E-state index < -0.39 is 0 Å². The van der Waals surface area contributed by atoms with Gasteiger partial charge >= 0.3 is 5.89 Å². The zero-order valence-electron chi connectivity index (χ0n) is 7.66. The molecule has 0 aliphatic carbocycles. The van der Waals surface area contributed by atoms with Crippen LogP contribution in [0.25, 0.3) is 11.5 Å². The highest BCUT2D eigenvalue weighted by Gasteiger charge is 2.11. The molecule has 3 nitrogen and oxygen atoms in total. The largest absolute Gasteiger partial charge is 0.405 e. The molecule has 2 aromatic rings. The van der Waals surface area contributed by atoms with Crippen molar-refractivity contribution in [3.8, 4) is 11.5 Å². The van der Waals surface area contributed by atoms with Gasteiger partial charge < -0.3 is 4.42 Å². The molecule has 1 heterocycles. The highest BCUT2D eigenvalue weighted by molar-refractivity contribution is 5.51. The lowest BCUT2D eigenvalue weighted by molar-refractivity contribution is -0.442. The Morgan fingerprint density at radius 2 is 2.15 bits per heavy atom. The third-order valence-electron chi connectivity index (χ3n) is 1.84. The first-order chi connectivity index (χ1) is 6.25. The van der Waals surface area contributed by atoms with E-state index in [1.165, 1.54) is 5.56 Å². The first-order valence-corrected chi connectivity index (χ1v) is 4.18. The summed E-state index contributed by atoms with van der Waals surface area (Å²) in [6.07, 6.45) is 0. The van der Waals surface area contributed by atoms with Crippen LogP contribution in [-0.2, 0) is 0 Å². The van der Waals surface area contributed by atoms with Crippen LogP contribution in [0, 0.1) is 13.8 Å². The van der Waals surface area contributed by atoms with Crippen molar-refractivity contribution in [1.29, 1.82) is 0 Å². The van der Waals surface area contributed by atoms with Crippen LogP contribution in [0.3, 0.4) is 0 Å². The van der Waals surface area contributed by atoms with E-state index >= 15 is 0 Å². The maximum Gasteiger partial charge on any atom is 0.405 e. The van der Waals surface area contributed by atoms with Crippen LogP contribution in [0.1, 0.15) is 11.5 Å². The number of rotatable bonds is 1. The molecule has 1 aromatic heterocycles. The number of benzene rings is 1. The molecule has 0 fully saturated rings. The van der Waals surface area contributed by atoms with Crippen LogP contribution < -0.4 is 5.10 Å². The molecular formula is C10H11N2O+. The van der Waals surface area contributed by atoms with Crippen LogP contribution in [0.5, 0.6) is 0 Å². The van der Waals surface area contributed by atoms with E-state index in [1.807, 2.05) is 32.0 Å². The first kappa shape index (κ1) is 7.98. The summed E-state index contributed by atoms with van der Waals surface area (Å²) in [6, 6.07) is 8.09. The van der Waals surface area contributed by atoms with Gasteiger partial charge in [-0.1, -0.05) is 22.8 Å². The van der Waals surface area contributed by atoms with Crippen molar-refractivity contribution in [2.75, 3.05) is 0 Å². The molecule has 0 saturated carbocycles. The second kappa shape index (κ2) is 3.01. The zero-order chi connectivity index (χ0) is 9.26. The summed E-state index contributed by atoms with van der Waals surface area (Å²) in [7, 11) is 0. The maximum atomic E-state index is 5.36. The van der Waals surface area contributed by atoms with E-state index in [1.54, 1.807) is 0 Å². The van der Waals surface area contributed by atoms with Gasteiger partial charge in [0.1, 0.15) is 0 Å². The van der Waals surface area contributed by atoms with E-state index in [0.717, 1.165) is 5.56 Å². The Morgan fingerprint density at radius 1 is 1.31 bits per heavy atom. The fourth-order valence-electron chi connectivity index (χ4n) is 1.23. The fraction of sp³-hybridized carbons (Fsp3) is 0.200. The normalized spacial score (nSPS) is 10.3. The predicted octanol–water partition coefficient (Wildman–Crippen LogP) is 1.77. The summed E-state index contributed by atoms with van der Waals surface area (Å²) in [5, 5.41) is 6.76. The Morgan fingerprint density at radius 3 is 2.77 bits per heavy atom. The second-order valence-electron chi connectivity index (χ2n) is 3.04. The van der Waals surface area contributed by atoms with Gasteiger partial charge in [0.25, 0.3) is 5.89 Å². The molecule has 66 valence electrons. The number of hydrogen-bond donors (Lipinski definition) is 0. The molecular weight excluding hydrogens is 164 g/mol. The van der Waals surface area contributed by atoms with Gasteiger partial charge in [0, 0.05) is 12.0 Å². The van der Waals surface area contributed by atoms with Gasteiger partial charge in [-0.3, -0.25) is 0 Å². The molecule has 3 heteroatoms. The van der Waals surface area contributed by atoms with Crippen molar-refractivity contribution < 1.29 is 9.52 Å². The lowest BCUT2D eigenvalue weighted by Crippen LogP contribution is -2.04. The van der Waals surface area contributed by atoms with Crippen LogP contribution >= 0.6 is 0 Å². The van der Waals surface area contributed by atoms with Crippen LogP contribution in [0.4, 0.5) is 0 Å². The van der Waals surface area contributed by atoms with Crippen molar-refractivity contribution in [1.82, 2.24) is 5.10 Å². The highest BCUT2D eigenvalue weighted by atomic mass is 16.4. The molecule has 1 aromatic carbocycles. The first-order valence-electron chi connectivity index (χ1n) is 4.18. The number of hydrogen-bond acceptors (Lipinski definition) is 2. The smallest absolute Gasteiger partial charge is 0.382 e. The molecule has 0 unspecified atom stereocenters. The molecule has 0 bridgehead atoms. The van der Waals surface area contributed by atoms with Crippen molar-refractivity contribution in [2.24, 2.45) is 0 Å². The molecule has 0 amide bonds. The number of aromatic nitrogens is 2. The zero-order valence-corrected chi connectivity index (χ0v) is 7.66. The number of aryl methyl sites for hydroxylation is 2. The number of aromatic amines is 1. The summed E-state index contributed by atoms with van der Waals surface area (Å²) in [5.74, 6) is 1.36. The summed E-state index contributed by atoms with van der Waals surface area (Å²) >= 11 is 0. The monoisotopic (exact) mass is 175 g/mol. The molecule has 0 radical (unpaired) electrons. The quantitative estimate of drug-likeness (QED) is 0.662. The Labute approximate surface area is 76.4 Å². The topological polar surface area (TPSA) is 40.2 Å². The molecule has 0 atom stereocenters.